The normalized spacial score (nSPS) is 14.1. The molecule has 2 atom stereocenters. The Hall–Kier alpha value is -5.13. The summed E-state index contributed by atoms with van der Waals surface area (Å²) >= 11 is 6.69. The van der Waals surface area contributed by atoms with Gasteiger partial charge in [-0.05, 0) is 65.4 Å². The van der Waals surface area contributed by atoms with Crippen molar-refractivity contribution >= 4 is 17.6 Å². The summed E-state index contributed by atoms with van der Waals surface area (Å²) in [5.74, 6) is -0.865. The highest BCUT2D eigenvalue weighted by atomic mass is 35.5. The first-order chi connectivity index (χ1) is 22.3. The molecule has 0 unspecified atom stereocenters. The van der Waals surface area contributed by atoms with Crippen LogP contribution in [-0.4, -0.2) is 35.9 Å². The second-order valence-corrected chi connectivity index (χ2v) is 11.0. The molecule has 4 aromatic carbocycles. The first kappa shape index (κ1) is 32.3. The van der Waals surface area contributed by atoms with E-state index in [9.17, 15) is 25.5 Å². The quantitative estimate of drug-likeness (QED) is 0.168. The molecule has 0 heterocycles. The van der Waals surface area contributed by atoms with Crippen molar-refractivity contribution in [3.63, 3.8) is 0 Å². The molecule has 0 amide bonds. The Morgan fingerprint density at radius 1 is 1.04 bits per heavy atom. The molecule has 0 saturated heterocycles. The van der Waals surface area contributed by atoms with E-state index in [2.05, 4.69) is 5.32 Å². The van der Waals surface area contributed by atoms with Gasteiger partial charge in [-0.2, -0.15) is 10.5 Å². The number of carboxylic acid groups (broad SMARTS) is 1. The number of fused-ring (bicyclic) bond motifs is 1. The average molecular weight is 642 g/mol. The summed E-state index contributed by atoms with van der Waals surface area (Å²) in [4.78, 5) is 11.5. The van der Waals surface area contributed by atoms with E-state index in [0.29, 0.717) is 52.2 Å². The van der Waals surface area contributed by atoms with E-state index < -0.39 is 30.5 Å². The lowest BCUT2D eigenvalue weighted by Crippen LogP contribution is -2.39. The number of nitrogens with zero attached hydrogens (tertiary/aromatic N) is 2. The van der Waals surface area contributed by atoms with Crippen LogP contribution in [0.5, 0.6) is 17.2 Å². The molecule has 0 bridgehead atoms. The van der Waals surface area contributed by atoms with Crippen molar-refractivity contribution in [2.24, 2.45) is 0 Å². The minimum Gasteiger partial charge on any atom is -0.494 e. The fourth-order valence-electron chi connectivity index (χ4n) is 5.49. The molecule has 1 aliphatic rings. The number of methoxy groups -OCH3 is 1. The van der Waals surface area contributed by atoms with Crippen LogP contribution in [0, 0.1) is 28.5 Å². The number of carboxylic acids is 1. The second kappa shape index (κ2) is 14.3. The molecule has 0 spiro atoms. The van der Waals surface area contributed by atoms with E-state index in [0.717, 1.165) is 16.7 Å². The zero-order valence-electron chi connectivity index (χ0n) is 24.7. The van der Waals surface area contributed by atoms with Crippen LogP contribution < -0.4 is 19.5 Å². The molecule has 11 heteroatoms. The second-order valence-electron chi connectivity index (χ2n) is 10.6. The maximum atomic E-state index is 15.2. The van der Waals surface area contributed by atoms with Crippen molar-refractivity contribution in [3.05, 3.63) is 111 Å². The maximum absolute atomic E-state index is 15.2. The number of aliphatic hydroxyl groups is 1. The van der Waals surface area contributed by atoms with Crippen molar-refractivity contribution in [2.75, 3.05) is 13.7 Å². The largest absolute Gasteiger partial charge is 0.494 e. The third-order valence-electron chi connectivity index (χ3n) is 7.74. The number of hydrogen-bond donors (Lipinski definition) is 3. The molecule has 46 heavy (non-hydrogen) atoms. The molecule has 0 aromatic heterocycles. The maximum Gasteiger partial charge on any atom is 0.323 e. The van der Waals surface area contributed by atoms with Gasteiger partial charge in [0.25, 0.3) is 0 Å². The molecule has 0 radical (unpaired) electrons. The zero-order chi connectivity index (χ0) is 32.8. The predicted octanol–water partition coefficient (Wildman–Crippen LogP) is 6.08. The van der Waals surface area contributed by atoms with Crippen LogP contribution in [0.15, 0.2) is 66.7 Å². The monoisotopic (exact) mass is 641 g/mol. The van der Waals surface area contributed by atoms with Crippen LogP contribution >= 0.6 is 11.6 Å². The van der Waals surface area contributed by atoms with Gasteiger partial charge in [-0.15, -0.1) is 0 Å². The summed E-state index contributed by atoms with van der Waals surface area (Å²) in [5.41, 5.74) is 4.73. The van der Waals surface area contributed by atoms with Gasteiger partial charge in [-0.3, -0.25) is 10.1 Å². The van der Waals surface area contributed by atoms with E-state index >= 15 is 4.39 Å². The fraction of sp³-hybridized carbons (Fsp3) is 0.229. The lowest BCUT2D eigenvalue weighted by molar-refractivity contribution is -0.140. The third kappa shape index (κ3) is 6.90. The minimum absolute atomic E-state index is 0.00371. The molecule has 4 aromatic rings. The SMILES string of the molecule is COc1cccc(-c2cccc3c2CC[C@@H]3Oc2cc(OCc3cc(C#N)cc(C#N)c3)c(CN[C@@H](CO)C(=O)O)cc2Cl)c1F. The molecule has 234 valence electrons. The van der Waals surface area contributed by atoms with E-state index in [4.69, 9.17) is 25.8 Å². The minimum atomic E-state index is -1.22. The number of carbonyl (C=O) groups is 1. The fourth-order valence-corrected chi connectivity index (χ4v) is 5.72. The van der Waals surface area contributed by atoms with E-state index in [1.807, 2.05) is 30.3 Å². The van der Waals surface area contributed by atoms with Gasteiger partial charge in [0.2, 0.25) is 0 Å². The standard InChI is InChI=1S/C35H29ClFN3O6/c1-44-31-7-3-6-27(34(31)37)24-4-2-5-26-25(24)8-9-30(26)46-33-14-32(23(13-28(33)36)17-40-29(18-41)35(42)43)45-19-22-11-20(15-38)10-21(12-22)16-39/h2-7,10-14,29-30,40-41H,8-9,17-19H2,1H3,(H,42,43)/t29-,30-/m0/s1. The lowest BCUT2D eigenvalue weighted by atomic mass is 9.96. The highest BCUT2D eigenvalue weighted by molar-refractivity contribution is 6.32. The molecule has 9 nitrogen and oxygen atoms in total. The highest BCUT2D eigenvalue weighted by Gasteiger charge is 2.29. The van der Waals surface area contributed by atoms with Gasteiger partial charge in [-0.1, -0.05) is 41.9 Å². The Bertz CT molecular complexity index is 1840. The highest BCUT2D eigenvalue weighted by Crippen LogP contribution is 2.44. The van der Waals surface area contributed by atoms with Crippen molar-refractivity contribution in [1.82, 2.24) is 5.32 Å². The van der Waals surface area contributed by atoms with E-state index in [1.165, 1.54) is 13.2 Å². The van der Waals surface area contributed by atoms with Crippen molar-refractivity contribution in [1.29, 1.82) is 10.5 Å². The van der Waals surface area contributed by atoms with Crippen LogP contribution in [0.4, 0.5) is 4.39 Å². The summed E-state index contributed by atoms with van der Waals surface area (Å²) in [6, 6.07) is 21.4. The first-order valence-corrected chi connectivity index (χ1v) is 14.7. The van der Waals surface area contributed by atoms with E-state index in [-0.39, 0.29) is 23.9 Å². The summed E-state index contributed by atoms with van der Waals surface area (Å²) < 4.78 is 32.9. The number of hydrogen-bond acceptors (Lipinski definition) is 8. The number of ether oxygens (including phenoxy) is 3. The molecule has 3 N–H and O–H groups in total. The number of benzene rings is 4. The molecule has 0 fully saturated rings. The Labute approximate surface area is 270 Å². The van der Waals surface area contributed by atoms with Gasteiger partial charge in [0, 0.05) is 23.7 Å². The number of nitriles is 2. The smallest absolute Gasteiger partial charge is 0.323 e. The Kier molecular flexibility index (Phi) is 10.0. The number of aliphatic hydroxyl groups excluding tert-OH is 1. The number of rotatable bonds is 12. The average Bonchev–Trinajstić information content (AvgIpc) is 3.48. The van der Waals surface area contributed by atoms with Crippen LogP contribution in [0.1, 0.15) is 45.9 Å². The molecule has 0 saturated carbocycles. The summed E-state index contributed by atoms with van der Waals surface area (Å²) in [6.07, 6.45) is 0.862. The number of aliphatic carboxylic acids is 1. The number of nitrogens with one attached hydrogen (secondary N) is 1. The van der Waals surface area contributed by atoms with Crippen LogP contribution in [0.25, 0.3) is 11.1 Å². The Morgan fingerprint density at radius 3 is 2.43 bits per heavy atom. The molecular formula is C35H29ClFN3O6. The topological polar surface area (TPSA) is 145 Å². The van der Waals surface area contributed by atoms with Gasteiger partial charge in [0.1, 0.15) is 30.3 Å². The molecule has 5 rings (SSSR count). The van der Waals surface area contributed by atoms with Crippen LogP contribution in [-0.2, 0) is 24.4 Å². The molecular weight excluding hydrogens is 613 g/mol. The summed E-state index contributed by atoms with van der Waals surface area (Å²) in [5, 5.41) is 40.6. The zero-order valence-corrected chi connectivity index (χ0v) is 25.5. The summed E-state index contributed by atoms with van der Waals surface area (Å²) in [6.45, 7) is -0.639. The Balaban J connectivity index is 1.45. The van der Waals surface area contributed by atoms with Gasteiger partial charge < -0.3 is 24.4 Å². The van der Waals surface area contributed by atoms with Crippen LogP contribution in [0.2, 0.25) is 5.02 Å². The molecule has 0 aliphatic heterocycles. The van der Waals surface area contributed by atoms with Crippen molar-refractivity contribution in [2.45, 2.75) is 38.1 Å². The van der Waals surface area contributed by atoms with Crippen LogP contribution in [0.3, 0.4) is 0 Å². The first-order valence-electron chi connectivity index (χ1n) is 14.3. The predicted molar refractivity (Wildman–Crippen MR) is 167 cm³/mol. The van der Waals surface area contributed by atoms with Crippen molar-refractivity contribution < 1.29 is 33.6 Å². The van der Waals surface area contributed by atoms with E-state index in [1.54, 1.807) is 42.5 Å². The van der Waals surface area contributed by atoms with Gasteiger partial charge in [-0.25, -0.2) is 4.39 Å². The molecule has 1 aliphatic carbocycles. The third-order valence-corrected chi connectivity index (χ3v) is 8.03. The van der Waals surface area contributed by atoms with Gasteiger partial charge >= 0.3 is 5.97 Å². The lowest BCUT2D eigenvalue weighted by Gasteiger charge is -2.20. The Morgan fingerprint density at radius 2 is 1.76 bits per heavy atom. The van der Waals surface area contributed by atoms with Gasteiger partial charge in [0.05, 0.1) is 42.0 Å². The summed E-state index contributed by atoms with van der Waals surface area (Å²) in [7, 11) is 1.43. The number of halogens is 2. The van der Waals surface area contributed by atoms with Crippen molar-refractivity contribution in [3.8, 4) is 40.5 Å². The van der Waals surface area contributed by atoms with Gasteiger partial charge in [0.15, 0.2) is 11.6 Å².